The summed E-state index contributed by atoms with van der Waals surface area (Å²) < 4.78 is 49.4. The third-order valence-corrected chi connectivity index (χ3v) is 10.7. The standard InChI is InChI=1S/C22H38O8P2/c1-7-11-14-27-20-13-12-18(15-19(20)22(5,6)16-21(23)24)31(25,28-8-2)17-32(26,29-9-3)30-10-4/h12-13,15H,7-11,14,16-17H2,1-6H3,(H,23,24). The van der Waals surface area contributed by atoms with Crippen molar-refractivity contribution in [1.82, 2.24) is 0 Å². The Bertz CT molecular complexity index is 827. The van der Waals surface area contributed by atoms with E-state index in [0.29, 0.717) is 23.2 Å². The molecule has 0 aliphatic carbocycles. The van der Waals surface area contributed by atoms with Gasteiger partial charge in [0.15, 0.2) is 0 Å². The molecule has 0 aliphatic rings. The van der Waals surface area contributed by atoms with Crippen LogP contribution in [0.4, 0.5) is 0 Å². The highest BCUT2D eigenvalue weighted by atomic mass is 31.2. The molecule has 0 aliphatic heterocycles. The first-order valence-corrected chi connectivity index (χ1v) is 14.6. The highest BCUT2D eigenvalue weighted by Gasteiger charge is 2.39. The number of hydrogen-bond donors (Lipinski definition) is 1. The van der Waals surface area contributed by atoms with Gasteiger partial charge in [-0.05, 0) is 45.4 Å². The molecular formula is C22H38O8P2. The van der Waals surface area contributed by atoms with Gasteiger partial charge in [0.25, 0.3) is 0 Å². The van der Waals surface area contributed by atoms with E-state index in [0.717, 1.165) is 12.8 Å². The fourth-order valence-corrected chi connectivity index (χ4v) is 8.84. The molecule has 0 fully saturated rings. The number of hydrogen-bond acceptors (Lipinski definition) is 7. The van der Waals surface area contributed by atoms with Crippen molar-refractivity contribution in [2.45, 2.75) is 66.2 Å². The number of aliphatic carboxylic acids is 1. The molecule has 1 rings (SSSR count). The highest BCUT2D eigenvalue weighted by Crippen LogP contribution is 2.63. The minimum Gasteiger partial charge on any atom is -0.493 e. The Hall–Kier alpha value is -1.17. The normalized spacial score (nSPS) is 14.2. The van der Waals surface area contributed by atoms with Gasteiger partial charge in [-0.25, -0.2) is 0 Å². The average Bonchev–Trinajstić information content (AvgIpc) is 2.67. The molecular weight excluding hydrogens is 454 g/mol. The number of carboxylic acids is 1. The van der Waals surface area contributed by atoms with Crippen LogP contribution in [-0.2, 0) is 32.9 Å². The second-order valence-electron chi connectivity index (χ2n) is 8.02. The summed E-state index contributed by atoms with van der Waals surface area (Å²) in [6.07, 6.45) is 1.66. The smallest absolute Gasteiger partial charge is 0.340 e. The molecule has 0 saturated heterocycles. The first kappa shape index (κ1) is 28.9. The average molecular weight is 492 g/mol. The van der Waals surface area contributed by atoms with Crippen LogP contribution in [0.15, 0.2) is 18.2 Å². The lowest BCUT2D eigenvalue weighted by molar-refractivity contribution is -0.138. The van der Waals surface area contributed by atoms with E-state index in [9.17, 15) is 19.0 Å². The predicted molar refractivity (Wildman–Crippen MR) is 127 cm³/mol. The molecule has 0 bridgehead atoms. The van der Waals surface area contributed by atoms with Crippen LogP contribution in [0.1, 0.15) is 66.4 Å². The maximum absolute atomic E-state index is 13.9. The molecule has 1 aromatic rings. The Kier molecular flexibility index (Phi) is 11.6. The van der Waals surface area contributed by atoms with Gasteiger partial charge in [-0.15, -0.1) is 0 Å². The van der Waals surface area contributed by atoms with Crippen LogP contribution in [0, 0.1) is 0 Å². The van der Waals surface area contributed by atoms with Crippen molar-refractivity contribution in [2.24, 2.45) is 0 Å². The lowest BCUT2D eigenvalue weighted by atomic mass is 9.81. The van der Waals surface area contributed by atoms with E-state index in [-0.39, 0.29) is 26.2 Å². The predicted octanol–water partition coefficient (Wildman–Crippen LogP) is 5.78. The fourth-order valence-electron chi connectivity index (χ4n) is 3.33. The molecule has 8 nitrogen and oxygen atoms in total. The Labute approximate surface area is 192 Å². The number of carbonyl (C=O) groups is 1. The van der Waals surface area contributed by atoms with Gasteiger partial charge in [0, 0.05) is 16.3 Å². The second-order valence-corrected chi connectivity index (χ2v) is 13.0. The molecule has 0 amide bonds. The Balaban J connectivity index is 3.54. The lowest BCUT2D eigenvalue weighted by Crippen LogP contribution is -2.25. The Morgan fingerprint density at radius 3 is 2.09 bits per heavy atom. The highest BCUT2D eigenvalue weighted by molar-refractivity contribution is 7.78. The van der Waals surface area contributed by atoms with E-state index in [1.165, 1.54) is 0 Å². The van der Waals surface area contributed by atoms with Crippen molar-refractivity contribution in [3.05, 3.63) is 23.8 Å². The monoisotopic (exact) mass is 492 g/mol. The summed E-state index contributed by atoms with van der Waals surface area (Å²) in [6, 6.07) is 4.96. The van der Waals surface area contributed by atoms with Gasteiger partial charge in [-0.1, -0.05) is 27.2 Å². The van der Waals surface area contributed by atoms with Gasteiger partial charge >= 0.3 is 13.6 Å². The largest absolute Gasteiger partial charge is 0.493 e. The van der Waals surface area contributed by atoms with Crippen LogP contribution in [0.5, 0.6) is 5.75 Å². The topological polar surface area (TPSA) is 108 Å². The van der Waals surface area contributed by atoms with Gasteiger partial charge < -0.3 is 23.4 Å². The Morgan fingerprint density at radius 2 is 1.59 bits per heavy atom. The van der Waals surface area contributed by atoms with Crippen molar-refractivity contribution in [3.8, 4) is 5.75 Å². The first-order valence-electron chi connectivity index (χ1n) is 11.1. The number of carboxylic acid groups (broad SMARTS) is 1. The van der Waals surface area contributed by atoms with Gasteiger partial charge in [0.1, 0.15) is 11.7 Å². The minimum absolute atomic E-state index is 0.137. The summed E-state index contributed by atoms with van der Waals surface area (Å²) in [7, 11) is -7.31. The number of unbranched alkanes of at least 4 members (excludes halogenated alkanes) is 1. The van der Waals surface area contributed by atoms with Crippen molar-refractivity contribution in [2.75, 3.05) is 32.3 Å². The van der Waals surface area contributed by atoms with E-state index in [1.54, 1.807) is 52.8 Å². The molecule has 0 radical (unpaired) electrons. The summed E-state index contributed by atoms with van der Waals surface area (Å²) in [6.45, 7) is 11.6. The van der Waals surface area contributed by atoms with E-state index in [4.69, 9.17) is 18.3 Å². The second kappa shape index (κ2) is 12.9. The van der Waals surface area contributed by atoms with Crippen molar-refractivity contribution in [3.63, 3.8) is 0 Å². The third kappa shape index (κ3) is 8.31. The van der Waals surface area contributed by atoms with Gasteiger partial charge in [0.2, 0.25) is 7.37 Å². The fraction of sp³-hybridized carbons (Fsp3) is 0.682. The molecule has 1 unspecified atom stereocenters. The lowest BCUT2D eigenvalue weighted by Gasteiger charge is -2.29. The van der Waals surface area contributed by atoms with Crippen LogP contribution in [0.2, 0.25) is 0 Å². The summed E-state index contributed by atoms with van der Waals surface area (Å²) in [5.74, 6) is -0.816. The molecule has 32 heavy (non-hydrogen) atoms. The SMILES string of the molecule is CCCCOc1ccc(P(=O)(CP(=O)(OCC)OCC)OCC)cc1C(C)(C)CC(=O)O. The zero-order valence-corrected chi connectivity index (χ0v) is 21.9. The summed E-state index contributed by atoms with van der Waals surface area (Å²) >= 11 is 0. The molecule has 0 spiro atoms. The first-order chi connectivity index (χ1) is 15.0. The molecule has 1 atom stereocenters. The molecule has 0 aromatic heterocycles. The Morgan fingerprint density at radius 1 is 1.00 bits per heavy atom. The molecule has 1 N–H and O–H groups in total. The van der Waals surface area contributed by atoms with Crippen LogP contribution in [-0.4, -0.2) is 43.4 Å². The van der Waals surface area contributed by atoms with Crippen molar-refractivity contribution >= 4 is 26.2 Å². The number of rotatable bonds is 16. The number of ether oxygens (including phenoxy) is 1. The molecule has 184 valence electrons. The van der Waals surface area contributed by atoms with Gasteiger partial charge in [0.05, 0.1) is 32.8 Å². The zero-order valence-electron chi connectivity index (χ0n) is 20.1. The van der Waals surface area contributed by atoms with Gasteiger partial charge in [-0.2, -0.15) is 0 Å². The maximum Gasteiger partial charge on any atom is 0.340 e. The van der Waals surface area contributed by atoms with Crippen molar-refractivity contribution < 1.29 is 37.3 Å². The van der Waals surface area contributed by atoms with Crippen molar-refractivity contribution in [1.29, 1.82) is 0 Å². The maximum atomic E-state index is 13.9. The van der Waals surface area contributed by atoms with Crippen LogP contribution < -0.4 is 10.0 Å². The third-order valence-electron chi connectivity index (χ3n) is 4.78. The van der Waals surface area contributed by atoms with E-state index < -0.39 is 32.3 Å². The molecule has 0 saturated carbocycles. The number of benzene rings is 1. The van der Waals surface area contributed by atoms with E-state index >= 15 is 0 Å². The molecule has 10 heteroatoms. The van der Waals surface area contributed by atoms with E-state index in [1.807, 2.05) is 0 Å². The summed E-state index contributed by atoms with van der Waals surface area (Å²) in [5, 5.41) is 9.74. The van der Waals surface area contributed by atoms with Crippen LogP contribution >= 0.6 is 15.0 Å². The quantitative estimate of drug-likeness (QED) is 0.228. The summed E-state index contributed by atoms with van der Waals surface area (Å²) in [4.78, 5) is 11.5. The molecule has 1 aromatic carbocycles. The zero-order chi connectivity index (χ0) is 24.4. The van der Waals surface area contributed by atoms with Crippen LogP contribution in [0.25, 0.3) is 0 Å². The minimum atomic E-state index is -3.66. The van der Waals surface area contributed by atoms with Gasteiger partial charge in [-0.3, -0.25) is 13.9 Å². The molecule has 0 heterocycles. The van der Waals surface area contributed by atoms with E-state index in [2.05, 4.69) is 6.92 Å². The van der Waals surface area contributed by atoms with Crippen LogP contribution in [0.3, 0.4) is 0 Å². The summed E-state index contributed by atoms with van der Waals surface area (Å²) in [5.41, 5.74) is -0.194.